The second-order valence-corrected chi connectivity index (χ2v) is 5.09. The lowest BCUT2D eigenvalue weighted by Gasteiger charge is -2.31. The zero-order valence-electron chi connectivity index (χ0n) is 10.3. The maximum atomic E-state index is 12.1. The fraction of sp³-hybridized carbons (Fsp3) is 0.500. The summed E-state index contributed by atoms with van der Waals surface area (Å²) < 4.78 is 0. The lowest BCUT2D eigenvalue weighted by molar-refractivity contribution is -0.178. The minimum atomic E-state index is -0.0385. The van der Waals surface area contributed by atoms with Crippen LogP contribution in [0, 0.1) is 0 Å². The molecule has 1 amide bonds. The van der Waals surface area contributed by atoms with Crippen molar-refractivity contribution in [2.45, 2.75) is 44.4 Å². The smallest absolute Gasteiger partial charge is 0.278 e. The maximum absolute atomic E-state index is 12.1. The fourth-order valence-electron chi connectivity index (χ4n) is 2.73. The van der Waals surface area contributed by atoms with Crippen molar-refractivity contribution in [1.82, 2.24) is 5.06 Å². The van der Waals surface area contributed by atoms with E-state index in [4.69, 9.17) is 10.6 Å². The molecule has 0 unspecified atom stereocenters. The third-order valence-corrected chi connectivity index (χ3v) is 3.80. The number of carbonyl (C=O) groups is 1. The van der Waals surface area contributed by atoms with Gasteiger partial charge in [-0.15, -0.1) is 0 Å². The van der Waals surface area contributed by atoms with E-state index in [1.807, 2.05) is 24.3 Å². The Hall–Kier alpha value is -1.39. The van der Waals surface area contributed by atoms with Crippen LogP contribution in [0.2, 0.25) is 0 Å². The summed E-state index contributed by atoms with van der Waals surface area (Å²) in [6, 6.07) is 7.70. The maximum Gasteiger partial charge on any atom is 0.278 e. The first-order chi connectivity index (χ1) is 8.75. The highest BCUT2D eigenvalue weighted by Crippen LogP contribution is 2.26. The molecule has 0 radical (unpaired) electrons. The van der Waals surface area contributed by atoms with E-state index in [1.54, 1.807) is 0 Å². The third kappa shape index (κ3) is 2.02. The number of nitrogens with zero attached hydrogens (tertiary/aromatic N) is 1. The third-order valence-electron chi connectivity index (χ3n) is 3.80. The van der Waals surface area contributed by atoms with Crippen LogP contribution >= 0.6 is 0 Å². The topological polar surface area (TPSA) is 55.6 Å². The number of fused-ring (bicyclic) bond motifs is 1. The van der Waals surface area contributed by atoms with Crippen molar-refractivity contribution < 1.29 is 9.63 Å². The number of amides is 1. The molecule has 18 heavy (non-hydrogen) atoms. The molecular formula is C14H18N2O2. The predicted molar refractivity (Wildman–Crippen MR) is 67.6 cm³/mol. The molecule has 1 fully saturated rings. The number of hydroxylamine groups is 2. The van der Waals surface area contributed by atoms with E-state index in [0.717, 1.165) is 36.8 Å². The summed E-state index contributed by atoms with van der Waals surface area (Å²) in [7, 11) is 0. The van der Waals surface area contributed by atoms with Crippen molar-refractivity contribution in [2.75, 3.05) is 0 Å². The van der Waals surface area contributed by atoms with E-state index in [0.29, 0.717) is 6.54 Å². The quantitative estimate of drug-likeness (QED) is 0.866. The molecule has 0 bridgehead atoms. The molecule has 1 aromatic carbocycles. The molecule has 1 aromatic rings. The van der Waals surface area contributed by atoms with Gasteiger partial charge in [0, 0.05) is 11.6 Å². The van der Waals surface area contributed by atoms with Crippen LogP contribution in [0.15, 0.2) is 24.3 Å². The SMILES string of the molecule is N[C@H]1CCCC[C@@H]1ON1Cc2ccccc2C1=O. The van der Waals surface area contributed by atoms with Crippen LogP contribution in [0.5, 0.6) is 0 Å². The Morgan fingerprint density at radius 1 is 1.22 bits per heavy atom. The van der Waals surface area contributed by atoms with Crippen molar-refractivity contribution in [3.05, 3.63) is 35.4 Å². The average molecular weight is 246 g/mol. The summed E-state index contributed by atoms with van der Waals surface area (Å²) in [5.74, 6) is -0.0385. The second-order valence-electron chi connectivity index (χ2n) is 5.09. The molecule has 2 atom stereocenters. The molecule has 4 heteroatoms. The first-order valence-corrected chi connectivity index (χ1v) is 6.58. The van der Waals surface area contributed by atoms with Gasteiger partial charge in [0.1, 0.15) is 6.10 Å². The van der Waals surface area contributed by atoms with E-state index >= 15 is 0 Å². The minimum absolute atomic E-state index is 0.0167. The lowest BCUT2D eigenvalue weighted by atomic mass is 9.93. The van der Waals surface area contributed by atoms with Crippen LogP contribution in [-0.4, -0.2) is 23.1 Å². The summed E-state index contributed by atoms with van der Waals surface area (Å²) in [5.41, 5.74) is 7.83. The van der Waals surface area contributed by atoms with Crippen molar-refractivity contribution in [3.63, 3.8) is 0 Å². The summed E-state index contributed by atoms with van der Waals surface area (Å²) in [6.45, 7) is 0.540. The number of benzene rings is 1. The van der Waals surface area contributed by atoms with Crippen LogP contribution < -0.4 is 5.73 Å². The highest BCUT2D eigenvalue weighted by atomic mass is 16.7. The van der Waals surface area contributed by atoms with Gasteiger partial charge in [-0.25, -0.2) is 5.06 Å². The molecule has 0 saturated heterocycles. The summed E-state index contributed by atoms with van der Waals surface area (Å²) in [6.07, 6.45) is 4.21. The summed E-state index contributed by atoms with van der Waals surface area (Å²) >= 11 is 0. The summed E-state index contributed by atoms with van der Waals surface area (Å²) in [4.78, 5) is 18.0. The molecule has 2 N–H and O–H groups in total. The molecule has 2 aliphatic rings. The van der Waals surface area contributed by atoms with Gasteiger partial charge in [-0.3, -0.25) is 9.63 Å². The molecule has 1 aliphatic carbocycles. The van der Waals surface area contributed by atoms with Crippen LogP contribution in [0.25, 0.3) is 0 Å². The highest BCUT2D eigenvalue weighted by Gasteiger charge is 2.32. The van der Waals surface area contributed by atoms with Crippen LogP contribution in [-0.2, 0) is 11.4 Å². The van der Waals surface area contributed by atoms with E-state index in [2.05, 4.69) is 0 Å². The van der Waals surface area contributed by atoms with Gasteiger partial charge in [0.05, 0.1) is 6.54 Å². The van der Waals surface area contributed by atoms with Crippen LogP contribution in [0.3, 0.4) is 0 Å². The normalized spacial score (nSPS) is 27.4. The standard InChI is InChI=1S/C14H18N2O2/c15-12-7-3-4-8-13(12)18-16-9-10-5-1-2-6-11(10)14(16)17/h1-2,5-6,12-13H,3-4,7-9,15H2/t12-,13-/m0/s1. The van der Waals surface area contributed by atoms with E-state index in [1.165, 1.54) is 5.06 Å². The molecule has 1 heterocycles. The molecular weight excluding hydrogens is 228 g/mol. The number of rotatable bonds is 2. The van der Waals surface area contributed by atoms with Gasteiger partial charge in [-0.05, 0) is 24.5 Å². The Bertz CT molecular complexity index is 461. The van der Waals surface area contributed by atoms with Crippen molar-refractivity contribution >= 4 is 5.91 Å². The Labute approximate surface area is 107 Å². The average Bonchev–Trinajstić information content (AvgIpc) is 2.70. The second kappa shape index (κ2) is 4.71. The number of carbonyl (C=O) groups excluding carboxylic acids is 1. The lowest BCUT2D eigenvalue weighted by Crippen LogP contribution is -2.43. The van der Waals surface area contributed by atoms with E-state index in [9.17, 15) is 4.79 Å². The van der Waals surface area contributed by atoms with Crippen LogP contribution in [0.4, 0.5) is 0 Å². The fourth-order valence-corrected chi connectivity index (χ4v) is 2.73. The van der Waals surface area contributed by atoms with Crippen molar-refractivity contribution in [3.8, 4) is 0 Å². The minimum Gasteiger partial charge on any atom is -0.325 e. The predicted octanol–water partition coefficient (Wildman–Crippen LogP) is 1.84. The van der Waals surface area contributed by atoms with Gasteiger partial charge in [0.2, 0.25) is 0 Å². The van der Waals surface area contributed by atoms with Crippen molar-refractivity contribution in [1.29, 1.82) is 0 Å². The van der Waals surface area contributed by atoms with Gasteiger partial charge in [0.15, 0.2) is 0 Å². The zero-order valence-corrected chi connectivity index (χ0v) is 10.3. The Balaban J connectivity index is 1.71. The number of hydrogen-bond donors (Lipinski definition) is 1. The Kier molecular flexibility index (Phi) is 3.06. The van der Waals surface area contributed by atoms with E-state index in [-0.39, 0.29) is 18.1 Å². The molecule has 0 aromatic heterocycles. The van der Waals surface area contributed by atoms with Gasteiger partial charge in [-0.2, -0.15) is 0 Å². The molecule has 0 spiro atoms. The molecule has 3 rings (SSSR count). The monoisotopic (exact) mass is 246 g/mol. The first kappa shape index (κ1) is 11.7. The molecule has 1 saturated carbocycles. The molecule has 1 aliphatic heterocycles. The highest BCUT2D eigenvalue weighted by molar-refractivity contribution is 5.97. The Morgan fingerprint density at radius 3 is 2.78 bits per heavy atom. The summed E-state index contributed by atoms with van der Waals surface area (Å²) in [5, 5.41) is 1.47. The Morgan fingerprint density at radius 2 is 2.00 bits per heavy atom. The van der Waals surface area contributed by atoms with Gasteiger partial charge >= 0.3 is 0 Å². The molecule has 96 valence electrons. The molecule has 4 nitrogen and oxygen atoms in total. The van der Waals surface area contributed by atoms with E-state index < -0.39 is 0 Å². The van der Waals surface area contributed by atoms with Crippen LogP contribution in [0.1, 0.15) is 41.6 Å². The van der Waals surface area contributed by atoms with Gasteiger partial charge in [-0.1, -0.05) is 31.0 Å². The number of nitrogens with two attached hydrogens (primary N) is 1. The largest absolute Gasteiger partial charge is 0.325 e. The zero-order chi connectivity index (χ0) is 12.5. The number of hydrogen-bond acceptors (Lipinski definition) is 3. The van der Waals surface area contributed by atoms with Gasteiger partial charge in [0.25, 0.3) is 5.91 Å². The van der Waals surface area contributed by atoms with Gasteiger partial charge < -0.3 is 5.73 Å². The van der Waals surface area contributed by atoms with Crippen molar-refractivity contribution in [2.24, 2.45) is 5.73 Å². The first-order valence-electron chi connectivity index (χ1n) is 6.58.